The van der Waals surface area contributed by atoms with Crippen LogP contribution < -0.4 is 0 Å². The lowest BCUT2D eigenvalue weighted by atomic mass is 10.0. The molecular weight excluding hydrogens is 184 g/mol. The molecule has 0 aliphatic heterocycles. The zero-order valence-corrected chi connectivity index (χ0v) is 10.3. The van der Waals surface area contributed by atoms with Gasteiger partial charge in [0.2, 0.25) is 0 Å². The summed E-state index contributed by atoms with van der Waals surface area (Å²) in [6.45, 7) is 10.5. The molecule has 1 aromatic carbocycles. The van der Waals surface area contributed by atoms with Gasteiger partial charge in [0.1, 0.15) is 0 Å². The van der Waals surface area contributed by atoms with E-state index >= 15 is 0 Å². The average molecular weight is 204 g/mol. The predicted octanol–water partition coefficient (Wildman–Crippen LogP) is 4.02. The van der Waals surface area contributed by atoms with Crippen molar-refractivity contribution >= 4 is 10.9 Å². The maximum absolute atomic E-state index is 4.19. The van der Waals surface area contributed by atoms with E-state index in [2.05, 4.69) is 49.2 Å². The Kier molecular flexibility index (Phi) is 3.89. The van der Waals surface area contributed by atoms with Gasteiger partial charge in [0.15, 0.2) is 0 Å². The smallest absolute Gasteiger partial charge is 0.0923 e. The summed E-state index contributed by atoms with van der Waals surface area (Å²) in [7, 11) is 0. The van der Waals surface area contributed by atoms with Crippen molar-refractivity contribution in [3.05, 3.63) is 29.5 Å². The van der Waals surface area contributed by atoms with Crippen LogP contribution in [0.3, 0.4) is 0 Å². The van der Waals surface area contributed by atoms with Crippen LogP contribution in [0.4, 0.5) is 0 Å². The lowest BCUT2D eigenvalue weighted by Crippen LogP contribution is -1.85. The number of H-pyrrole nitrogens is 1. The summed E-state index contributed by atoms with van der Waals surface area (Å²) >= 11 is 0. The van der Waals surface area contributed by atoms with Crippen molar-refractivity contribution in [1.29, 1.82) is 0 Å². The molecule has 0 fully saturated rings. The number of aromatic nitrogens is 2. The average Bonchev–Trinajstić information content (AvgIpc) is 2.63. The molecule has 0 unspecified atom stereocenters. The summed E-state index contributed by atoms with van der Waals surface area (Å²) in [6, 6.07) is 6.44. The Morgan fingerprint density at radius 3 is 2.47 bits per heavy atom. The van der Waals surface area contributed by atoms with Crippen LogP contribution in [0.2, 0.25) is 0 Å². The SMILES string of the molecule is CC.Cc1[nH]nc2ccc(C(C)C)cc12. The second kappa shape index (κ2) is 4.96. The van der Waals surface area contributed by atoms with Crippen LogP contribution in [0.15, 0.2) is 18.2 Å². The van der Waals surface area contributed by atoms with Crippen molar-refractivity contribution < 1.29 is 0 Å². The topological polar surface area (TPSA) is 28.7 Å². The number of nitrogens with one attached hydrogen (secondary N) is 1. The molecule has 0 spiro atoms. The van der Waals surface area contributed by atoms with Gasteiger partial charge in [-0.15, -0.1) is 0 Å². The third kappa shape index (κ3) is 2.38. The van der Waals surface area contributed by atoms with Gasteiger partial charge in [-0.3, -0.25) is 5.10 Å². The van der Waals surface area contributed by atoms with Gasteiger partial charge in [-0.05, 0) is 30.5 Å². The molecule has 2 heteroatoms. The van der Waals surface area contributed by atoms with Crippen LogP contribution in [-0.2, 0) is 0 Å². The van der Waals surface area contributed by atoms with Gasteiger partial charge in [-0.2, -0.15) is 5.10 Å². The summed E-state index contributed by atoms with van der Waals surface area (Å²) in [5.41, 5.74) is 3.58. The van der Waals surface area contributed by atoms with Gasteiger partial charge in [0.05, 0.1) is 5.52 Å². The number of rotatable bonds is 1. The normalized spacial score (nSPS) is 10.3. The van der Waals surface area contributed by atoms with E-state index in [1.165, 1.54) is 10.9 Å². The third-order valence-electron chi connectivity index (χ3n) is 2.44. The van der Waals surface area contributed by atoms with Crippen molar-refractivity contribution in [1.82, 2.24) is 10.2 Å². The van der Waals surface area contributed by atoms with E-state index in [4.69, 9.17) is 0 Å². The Morgan fingerprint density at radius 1 is 1.20 bits per heavy atom. The molecule has 0 bridgehead atoms. The number of benzene rings is 1. The molecule has 1 aromatic heterocycles. The fraction of sp³-hybridized carbons (Fsp3) is 0.462. The highest BCUT2D eigenvalue weighted by Crippen LogP contribution is 2.21. The van der Waals surface area contributed by atoms with E-state index in [0.717, 1.165) is 11.2 Å². The second-order valence-electron chi connectivity index (χ2n) is 3.78. The first-order valence-corrected chi connectivity index (χ1v) is 5.63. The lowest BCUT2D eigenvalue weighted by Gasteiger charge is -2.04. The molecule has 0 saturated carbocycles. The first-order chi connectivity index (χ1) is 7.18. The number of hydrogen-bond donors (Lipinski definition) is 1. The fourth-order valence-corrected chi connectivity index (χ4v) is 1.51. The highest BCUT2D eigenvalue weighted by Gasteiger charge is 2.04. The zero-order valence-electron chi connectivity index (χ0n) is 10.3. The van der Waals surface area contributed by atoms with Crippen LogP contribution in [0.1, 0.15) is 44.9 Å². The van der Waals surface area contributed by atoms with Gasteiger partial charge in [-0.1, -0.05) is 33.8 Å². The molecule has 2 aromatic rings. The minimum absolute atomic E-state index is 0.582. The molecule has 82 valence electrons. The minimum Gasteiger partial charge on any atom is -0.282 e. The number of nitrogens with zero attached hydrogens (tertiary/aromatic N) is 1. The van der Waals surface area contributed by atoms with Gasteiger partial charge >= 0.3 is 0 Å². The number of hydrogen-bond acceptors (Lipinski definition) is 1. The Balaban J connectivity index is 0.000000531. The maximum atomic E-state index is 4.19. The van der Waals surface area contributed by atoms with Crippen molar-refractivity contribution in [3.8, 4) is 0 Å². The van der Waals surface area contributed by atoms with Crippen molar-refractivity contribution in [2.75, 3.05) is 0 Å². The van der Waals surface area contributed by atoms with Crippen molar-refractivity contribution in [3.63, 3.8) is 0 Å². The molecule has 2 rings (SSSR count). The van der Waals surface area contributed by atoms with Crippen LogP contribution >= 0.6 is 0 Å². The van der Waals surface area contributed by atoms with E-state index in [1.807, 2.05) is 13.8 Å². The fourth-order valence-electron chi connectivity index (χ4n) is 1.51. The third-order valence-corrected chi connectivity index (χ3v) is 2.44. The maximum Gasteiger partial charge on any atom is 0.0923 e. The van der Waals surface area contributed by atoms with Gasteiger partial charge in [0.25, 0.3) is 0 Å². The number of fused-ring (bicyclic) bond motifs is 1. The number of aromatic amines is 1. The molecule has 0 saturated heterocycles. The summed E-state index contributed by atoms with van der Waals surface area (Å²) in [5, 5.41) is 8.43. The van der Waals surface area contributed by atoms with Gasteiger partial charge in [0, 0.05) is 11.1 Å². The molecule has 2 nitrogen and oxygen atoms in total. The molecule has 0 radical (unpaired) electrons. The number of aryl methyl sites for hydroxylation is 1. The molecule has 15 heavy (non-hydrogen) atoms. The Labute approximate surface area is 91.7 Å². The van der Waals surface area contributed by atoms with Crippen molar-refractivity contribution in [2.24, 2.45) is 0 Å². The monoisotopic (exact) mass is 204 g/mol. The summed E-state index contributed by atoms with van der Waals surface area (Å²) in [6.07, 6.45) is 0. The van der Waals surface area contributed by atoms with Gasteiger partial charge in [-0.25, -0.2) is 0 Å². The van der Waals surface area contributed by atoms with Crippen molar-refractivity contribution in [2.45, 2.75) is 40.5 Å². The summed E-state index contributed by atoms with van der Waals surface area (Å²) in [5.74, 6) is 0.582. The highest BCUT2D eigenvalue weighted by atomic mass is 15.1. The largest absolute Gasteiger partial charge is 0.282 e. The van der Waals surface area contributed by atoms with Crippen LogP contribution in [0.25, 0.3) is 10.9 Å². The van der Waals surface area contributed by atoms with E-state index in [1.54, 1.807) is 0 Å². The summed E-state index contributed by atoms with van der Waals surface area (Å²) in [4.78, 5) is 0. The first-order valence-electron chi connectivity index (χ1n) is 5.63. The van der Waals surface area contributed by atoms with Gasteiger partial charge < -0.3 is 0 Å². The second-order valence-corrected chi connectivity index (χ2v) is 3.78. The molecule has 0 aliphatic carbocycles. The Hall–Kier alpha value is -1.31. The first kappa shape index (κ1) is 11.8. The van der Waals surface area contributed by atoms with Crippen LogP contribution in [-0.4, -0.2) is 10.2 Å². The zero-order chi connectivity index (χ0) is 11.4. The Bertz CT molecular complexity index is 427. The molecular formula is C13H20N2. The quantitative estimate of drug-likeness (QED) is 0.746. The Morgan fingerprint density at radius 2 is 1.87 bits per heavy atom. The van der Waals surface area contributed by atoms with Crippen LogP contribution in [0.5, 0.6) is 0 Å². The molecule has 0 amide bonds. The standard InChI is InChI=1S/C11H14N2.C2H6/c1-7(2)9-4-5-11-10(6-9)8(3)12-13-11;1-2/h4-7H,1-3H3,(H,12,13);1-2H3. The van der Waals surface area contributed by atoms with E-state index in [0.29, 0.717) is 5.92 Å². The summed E-state index contributed by atoms with van der Waals surface area (Å²) < 4.78 is 0. The highest BCUT2D eigenvalue weighted by molar-refractivity contribution is 5.81. The van der Waals surface area contributed by atoms with E-state index < -0.39 is 0 Å². The van der Waals surface area contributed by atoms with E-state index in [9.17, 15) is 0 Å². The van der Waals surface area contributed by atoms with E-state index in [-0.39, 0.29) is 0 Å². The molecule has 0 aliphatic rings. The molecule has 0 atom stereocenters. The minimum atomic E-state index is 0.582. The van der Waals surface area contributed by atoms with Crippen LogP contribution in [0, 0.1) is 6.92 Å². The molecule has 1 N–H and O–H groups in total. The molecule has 1 heterocycles. The predicted molar refractivity (Wildman–Crippen MR) is 66.3 cm³/mol. The lowest BCUT2D eigenvalue weighted by molar-refractivity contribution is 0.868.